The molecule has 0 fully saturated rings. The monoisotopic (exact) mass is 243 g/mol. The average Bonchev–Trinajstić information content (AvgIpc) is 2.26. The van der Waals surface area contributed by atoms with Crippen LogP contribution in [0.25, 0.3) is 0 Å². The molecule has 0 saturated carbocycles. The lowest BCUT2D eigenvalue weighted by Gasteiger charge is -2.19. The van der Waals surface area contributed by atoms with Gasteiger partial charge in [0.05, 0.1) is 12.1 Å². The number of aliphatic hydroxyl groups excluding tert-OH is 1. The van der Waals surface area contributed by atoms with Crippen LogP contribution < -0.4 is 5.73 Å². The van der Waals surface area contributed by atoms with Crippen molar-refractivity contribution in [1.29, 1.82) is 0 Å². The Labute approximate surface area is 104 Å². The first-order chi connectivity index (χ1) is 7.11. The van der Waals surface area contributed by atoms with Gasteiger partial charge in [0.25, 0.3) is 0 Å². The second-order valence-corrected chi connectivity index (χ2v) is 4.48. The van der Waals surface area contributed by atoms with Gasteiger partial charge in [0.2, 0.25) is 0 Å². The van der Waals surface area contributed by atoms with Gasteiger partial charge in [-0.2, -0.15) is 0 Å². The van der Waals surface area contributed by atoms with Gasteiger partial charge in [-0.15, -0.1) is 12.4 Å². The van der Waals surface area contributed by atoms with E-state index in [2.05, 4.69) is 13.8 Å². The molecule has 2 nitrogen and oxygen atoms in total. The molecule has 0 aromatic heterocycles. The number of rotatable bonds is 5. The first-order valence-corrected chi connectivity index (χ1v) is 5.60. The van der Waals surface area contributed by atoms with E-state index in [1.54, 1.807) is 0 Å². The molecular weight excluding hydrogens is 222 g/mol. The van der Waals surface area contributed by atoms with E-state index in [9.17, 15) is 5.11 Å². The zero-order valence-electron chi connectivity index (χ0n) is 9.97. The SMILES string of the molecule is CC(C)CC[C@@H](O)[C@@H](N)c1ccccc1.Cl. The lowest BCUT2D eigenvalue weighted by atomic mass is 9.96. The quantitative estimate of drug-likeness (QED) is 0.836. The summed E-state index contributed by atoms with van der Waals surface area (Å²) in [4.78, 5) is 0. The molecular formula is C13H22ClNO. The minimum absolute atomic E-state index is 0. The van der Waals surface area contributed by atoms with Gasteiger partial charge < -0.3 is 10.8 Å². The molecule has 0 aliphatic rings. The number of hydrogen-bond donors (Lipinski definition) is 2. The van der Waals surface area contributed by atoms with Crippen LogP contribution in [0.1, 0.15) is 38.3 Å². The van der Waals surface area contributed by atoms with Gasteiger partial charge in [0.1, 0.15) is 0 Å². The third-order valence-corrected chi connectivity index (χ3v) is 2.64. The summed E-state index contributed by atoms with van der Waals surface area (Å²) < 4.78 is 0. The van der Waals surface area contributed by atoms with Gasteiger partial charge in [-0.1, -0.05) is 44.2 Å². The standard InChI is InChI=1S/C13H21NO.ClH/c1-10(2)8-9-12(15)13(14)11-6-4-3-5-7-11;/h3-7,10,12-13,15H,8-9,14H2,1-2H3;1H/t12-,13+;/m1./s1. The number of benzene rings is 1. The molecule has 0 bridgehead atoms. The molecule has 3 N–H and O–H groups in total. The largest absolute Gasteiger partial charge is 0.391 e. The van der Waals surface area contributed by atoms with Gasteiger partial charge in [-0.3, -0.25) is 0 Å². The van der Waals surface area contributed by atoms with E-state index in [-0.39, 0.29) is 18.4 Å². The predicted molar refractivity (Wildman–Crippen MR) is 70.7 cm³/mol. The topological polar surface area (TPSA) is 46.2 Å². The summed E-state index contributed by atoms with van der Waals surface area (Å²) in [7, 11) is 0. The Morgan fingerprint density at radius 1 is 1.12 bits per heavy atom. The van der Waals surface area contributed by atoms with Crippen molar-refractivity contribution in [2.45, 2.75) is 38.8 Å². The highest BCUT2D eigenvalue weighted by Gasteiger charge is 2.16. The summed E-state index contributed by atoms with van der Waals surface area (Å²) in [5.74, 6) is 0.614. The second kappa shape index (κ2) is 7.66. The van der Waals surface area contributed by atoms with Crippen LogP contribution in [0.5, 0.6) is 0 Å². The van der Waals surface area contributed by atoms with E-state index in [0.717, 1.165) is 18.4 Å². The van der Waals surface area contributed by atoms with Crippen molar-refractivity contribution in [2.75, 3.05) is 0 Å². The van der Waals surface area contributed by atoms with Crippen LogP contribution in [0.3, 0.4) is 0 Å². The van der Waals surface area contributed by atoms with E-state index < -0.39 is 6.10 Å². The molecule has 1 rings (SSSR count). The summed E-state index contributed by atoms with van der Waals surface area (Å²) in [6, 6.07) is 9.52. The summed E-state index contributed by atoms with van der Waals surface area (Å²) in [6.07, 6.45) is 1.35. The van der Waals surface area contributed by atoms with Crippen molar-refractivity contribution in [2.24, 2.45) is 11.7 Å². The van der Waals surface area contributed by atoms with Crippen LogP contribution in [-0.4, -0.2) is 11.2 Å². The maximum Gasteiger partial charge on any atom is 0.0732 e. The van der Waals surface area contributed by atoms with Gasteiger partial charge in [0, 0.05) is 0 Å². The van der Waals surface area contributed by atoms with Gasteiger partial charge in [-0.05, 0) is 24.3 Å². The van der Waals surface area contributed by atoms with Crippen LogP contribution in [0.2, 0.25) is 0 Å². The van der Waals surface area contributed by atoms with Crippen LogP contribution in [0, 0.1) is 5.92 Å². The van der Waals surface area contributed by atoms with E-state index in [0.29, 0.717) is 5.92 Å². The Hall–Kier alpha value is -0.570. The first kappa shape index (κ1) is 15.4. The van der Waals surface area contributed by atoms with Crippen LogP contribution in [-0.2, 0) is 0 Å². The Kier molecular flexibility index (Phi) is 7.39. The molecule has 0 aliphatic heterocycles. The molecule has 16 heavy (non-hydrogen) atoms. The molecule has 0 saturated heterocycles. The van der Waals surface area contributed by atoms with E-state index >= 15 is 0 Å². The highest BCUT2D eigenvalue weighted by atomic mass is 35.5. The maximum atomic E-state index is 9.90. The van der Waals surface area contributed by atoms with Crippen LogP contribution >= 0.6 is 12.4 Å². The molecule has 92 valence electrons. The van der Waals surface area contributed by atoms with Crippen molar-refractivity contribution < 1.29 is 5.11 Å². The van der Waals surface area contributed by atoms with Crippen LogP contribution in [0.15, 0.2) is 30.3 Å². The molecule has 2 atom stereocenters. The smallest absolute Gasteiger partial charge is 0.0732 e. The maximum absolute atomic E-state index is 9.90. The fourth-order valence-electron chi connectivity index (χ4n) is 1.58. The Morgan fingerprint density at radius 2 is 1.69 bits per heavy atom. The molecule has 0 spiro atoms. The minimum Gasteiger partial charge on any atom is -0.391 e. The van der Waals surface area contributed by atoms with Crippen molar-refractivity contribution in [3.05, 3.63) is 35.9 Å². The molecule has 0 unspecified atom stereocenters. The summed E-state index contributed by atoms with van der Waals surface area (Å²) in [5.41, 5.74) is 6.98. The van der Waals surface area contributed by atoms with Crippen molar-refractivity contribution in [1.82, 2.24) is 0 Å². The zero-order chi connectivity index (χ0) is 11.3. The summed E-state index contributed by atoms with van der Waals surface area (Å²) in [6.45, 7) is 4.31. The lowest BCUT2D eigenvalue weighted by Crippen LogP contribution is -2.26. The summed E-state index contributed by atoms with van der Waals surface area (Å²) in [5, 5.41) is 9.90. The number of nitrogens with two attached hydrogens (primary N) is 1. The Balaban J connectivity index is 0.00000225. The van der Waals surface area contributed by atoms with E-state index in [1.165, 1.54) is 0 Å². The fraction of sp³-hybridized carbons (Fsp3) is 0.538. The normalized spacial score (nSPS) is 14.3. The van der Waals surface area contributed by atoms with Gasteiger partial charge >= 0.3 is 0 Å². The second-order valence-electron chi connectivity index (χ2n) is 4.48. The highest BCUT2D eigenvalue weighted by Crippen LogP contribution is 2.18. The molecule has 0 amide bonds. The van der Waals surface area contributed by atoms with E-state index in [4.69, 9.17) is 5.73 Å². The molecule has 0 radical (unpaired) electrons. The Bertz CT molecular complexity index is 277. The van der Waals surface area contributed by atoms with Crippen LogP contribution in [0.4, 0.5) is 0 Å². The van der Waals surface area contributed by atoms with E-state index in [1.807, 2.05) is 30.3 Å². The fourth-order valence-corrected chi connectivity index (χ4v) is 1.58. The minimum atomic E-state index is -0.435. The zero-order valence-corrected chi connectivity index (χ0v) is 10.8. The average molecular weight is 244 g/mol. The van der Waals surface area contributed by atoms with Crippen molar-refractivity contribution >= 4 is 12.4 Å². The Morgan fingerprint density at radius 3 is 2.19 bits per heavy atom. The number of aliphatic hydroxyl groups is 1. The van der Waals surface area contributed by atoms with Gasteiger partial charge in [0.15, 0.2) is 0 Å². The van der Waals surface area contributed by atoms with Crippen molar-refractivity contribution in [3.63, 3.8) is 0 Å². The lowest BCUT2D eigenvalue weighted by molar-refractivity contribution is 0.128. The predicted octanol–water partition coefficient (Wildman–Crippen LogP) is 2.91. The summed E-state index contributed by atoms with van der Waals surface area (Å²) >= 11 is 0. The molecule has 1 aromatic carbocycles. The molecule has 1 aromatic rings. The van der Waals surface area contributed by atoms with Crippen molar-refractivity contribution in [3.8, 4) is 0 Å². The first-order valence-electron chi connectivity index (χ1n) is 5.60. The third kappa shape index (κ3) is 4.97. The number of hydrogen-bond acceptors (Lipinski definition) is 2. The number of halogens is 1. The molecule has 3 heteroatoms. The van der Waals surface area contributed by atoms with Gasteiger partial charge in [-0.25, -0.2) is 0 Å². The third-order valence-electron chi connectivity index (χ3n) is 2.64. The highest BCUT2D eigenvalue weighted by molar-refractivity contribution is 5.85. The molecule has 0 heterocycles. The molecule has 0 aliphatic carbocycles.